The molecule has 6 heteroatoms. The molecular formula is C19H19ClN4O. The third-order valence-corrected chi connectivity index (χ3v) is 3.92. The van der Waals surface area contributed by atoms with Gasteiger partial charge in [-0.3, -0.25) is 0 Å². The van der Waals surface area contributed by atoms with Crippen molar-refractivity contribution in [2.24, 2.45) is 0 Å². The summed E-state index contributed by atoms with van der Waals surface area (Å²) in [5, 5.41) is 3.76. The Hall–Kier alpha value is -2.66. The molecule has 25 heavy (non-hydrogen) atoms. The van der Waals surface area contributed by atoms with Crippen molar-refractivity contribution in [3.8, 4) is 17.0 Å². The molecule has 0 aliphatic rings. The first kappa shape index (κ1) is 17.2. The largest absolute Gasteiger partial charge is 0.481 e. The number of methoxy groups -OCH3 is 1. The van der Waals surface area contributed by atoms with E-state index in [9.17, 15) is 0 Å². The van der Waals surface area contributed by atoms with Crippen LogP contribution in [-0.2, 0) is 6.42 Å². The van der Waals surface area contributed by atoms with Crippen molar-refractivity contribution in [1.82, 2.24) is 15.0 Å². The van der Waals surface area contributed by atoms with E-state index in [0.29, 0.717) is 23.3 Å². The average molecular weight is 355 g/mol. The summed E-state index contributed by atoms with van der Waals surface area (Å²) < 4.78 is 5.40. The number of nitrogens with zero attached hydrogens (tertiary/aromatic N) is 3. The minimum atomic E-state index is 0.574. The number of aromatic nitrogens is 3. The molecule has 0 aliphatic carbocycles. The number of ether oxygens (including phenoxy) is 1. The van der Waals surface area contributed by atoms with Crippen molar-refractivity contribution in [2.45, 2.75) is 13.3 Å². The molecule has 0 spiro atoms. The molecule has 3 rings (SSSR count). The Kier molecular flexibility index (Phi) is 5.46. The molecule has 128 valence electrons. The van der Waals surface area contributed by atoms with Gasteiger partial charge in [-0.1, -0.05) is 23.7 Å². The van der Waals surface area contributed by atoms with Crippen LogP contribution >= 0.6 is 11.6 Å². The van der Waals surface area contributed by atoms with Crippen LogP contribution in [0.2, 0.25) is 5.02 Å². The second kappa shape index (κ2) is 7.94. The Morgan fingerprint density at radius 3 is 2.48 bits per heavy atom. The van der Waals surface area contributed by atoms with Gasteiger partial charge in [-0.05, 0) is 41.8 Å². The lowest BCUT2D eigenvalue weighted by molar-refractivity contribution is 0.399. The van der Waals surface area contributed by atoms with Gasteiger partial charge in [-0.15, -0.1) is 0 Å². The Labute approximate surface area is 152 Å². The van der Waals surface area contributed by atoms with Crippen LogP contribution < -0.4 is 10.1 Å². The predicted molar refractivity (Wildman–Crippen MR) is 100 cm³/mol. The van der Waals surface area contributed by atoms with Gasteiger partial charge in [0.05, 0.1) is 7.11 Å². The maximum absolute atomic E-state index is 6.12. The van der Waals surface area contributed by atoms with Gasteiger partial charge < -0.3 is 10.1 Å². The number of benzene rings is 1. The molecule has 1 aromatic carbocycles. The normalized spacial score (nSPS) is 10.5. The van der Waals surface area contributed by atoms with Crippen LogP contribution in [0, 0.1) is 0 Å². The van der Waals surface area contributed by atoms with Crippen molar-refractivity contribution >= 4 is 17.5 Å². The van der Waals surface area contributed by atoms with E-state index >= 15 is 0 Å². The Morgan fingerprint density at radius 2 is 1.80 bits per heavy atom. The molecule has 5 nitrogen and oxygen atoms in total. The van der Waals surface area contributed by atoms with Gasteiger partial charge in [0.25, 0.3) is 0 Å². The van der Waals surface area contributed by atoms with Gasteiger partial charge in [-0.2, -0.15) is 0 Å². The topological polar surface area (TPSA) is 59.9 Å². The fourth-order valence-electron chi connectivity index (χ4n) is 2.55. The zero-order valence-electron chi connectivity index (χ0n) is 14.2. The zero-order valence-corrected chi connectivity index (χ0v) is 14.9. The first-order chi connectivity index (χ1) is 12.2. The molecule has 0 fully saturated rings. The van der Waals surface area contributed by atoms with Crippen LogP contribution in [-0.4, -0.2) is 28.6 Å². The minimum absolute atomic E-state index is 0.574. The van der Waals surface area contributed by atoms with Gasteiger partial charge in [0, 0.05) is 42.1 Å². The van der Waals surface area contributed by atoms with E-state index in [2.05, 4.69) is 26.3 Å². The van der Waals surface area contributed by atoms with Crippen LogP contribution in [0.5, 0.6) is 5.88 Å². The van der Waals surface area contributed by atoms with Gasteiger partial charge >= 0.3 is 0 Å². The first-order valence-electron chi connectivity index (χ1n) is 8.03. The van der Waals surface area contributed by atoms with Gasteiger partial charge in [0.15, 0.2) is 0 Å². The molecule has 2 heterocycles. The highest BCUT2D eigenvalue weighted by atomic mass is 35.5. The maximum Gasteiger partial charge on any atom is 0.222 e. The fraction of sp³-hybridized carbons (Fsp3) is 0.211. The summed E-state index contributed by atoms with van der Waals surface area (Å²) in [5.74, 6) is 1.21. The smallest absolute Gasteiger partial charge is 0.222 e. The third-order valence-electron chi connectivity index (χ3n) is 3.69. The number of hydrogen-bond acceptors (Lipinski definition) is 5. The highest BCUT2D eigenvalue weighted by Crippen LogP contribution is 2.31. The molecule has 0 saturated heterocycles. The molecule has 0 unspecified atom stereocenters. The van der Waals surface area contributed by atoms with E-state index in [1.54, 1.807) is 7.11 Å². The standard InChI is InChI=1S/C19H19ClN4O/c1-3-21-19-23-11-14(12-24-19)7-13-8-17(18(25-2)22-10-13)15-5-4-6-16(20)9-15/h4-6,8-12H,3,7H2,1-2H3,(H,21,23,24). The maximum atomic E-state index is 6.12. The van der Waals surface area contributed by atoms with E-state index in [1.165, 1.54) is 0 Å². The summed E-state index contributed by atoms with van der Waals surface area (Å²) in [5.41, 5.74) is 3.95. The Bertz CT molecular complexity index is 852. The van der Waals surface area contributed by atoms with E-state index in [4.69, 9.17) is 16.3 Å². The summed E-state index contributed by atoms with van der Waals surface area (Å²) in [6.45, 7) is 2.81. The lowest BCUT2D eigenvalue weighted by atomic mass is 10.0. The highest BCUT2D eigenvalue weighted by molar-refractivity contribution is 6.30. The van der Waals surface area contributed by atoms with Gasteiger partial charge in [-0.25, -0.2) is 15.0 Å². The van der Waals surface area contributed by atoms with Crippen LogP contribution in [0.25, 0.3) is 11.1 Å². The van der Waals surface area contributed by atoms with Crippen molar-refractivity contribution in [3.05, 3.63) is 65.1 Å². The van der Waals surface area contributed by atoms with E-state index in [0.717, 1.165) is 28.8 Å². The summed E-state index contributed by atoms with van der Waals surface area (Å²) in [7, 11) is 1.61. The van der Waals surface area contributed by atoms with Crippen molar-refractivity contribution in [2.75, 3.05) is 19.0 Å². The second-order valence-electron chi connectivity index (χ2n) is 5.53. The molecule has 0 saturated carbocycles. The number of rotatable bonds is 6. The average Bonchev–Trinajstić information content (AvgIpc) is 2.63. The van der Waals surface area contributed by atoms with Crippen LogP contribution in [0.4, 0.5) is 5.95 Å². The minimum Gasteiger partial charge on any atom is -0.481 e. The van der Waals surface area contributed by atoms with Crippen LogP contribution in [0.15, 0.2) is 48.9 Å². The van der Waals surface area contributed by atoms with Crippen LogP contribution in [0.3, 0.4) is 0 Å². The van der Waals surface area contributed by atoms with Crippen molar-refractivity contribution in [3.63, 3.8) is 0 Å². The van der Waals surface area contributed by atoms with E-state index in [1.807, 2.05) is 49.8 Å². The molecule has 0 amide bonds. The van der Waals surface area contributed by atoms with E-state index in [-0.39, 0.29) is 0 Å². The monoisotopic (exact) mass is 354 g/mol. The third kappa shape index (κ3) is 4.25. The van der Waals surface area contributed by atoms with Crippen LogP contribution in [0.1, 0.15) is 18.1 Å². The highest BCUT2D eigenvalue weighted by Gasteiger charge is 2.10. The zero-order chi connectivity index (χ0) is 17.6. The second-order valence-corrected chi connectivity index (χ2v) is 5.97. The number of halogens is 1. The number of pyridine rings is 1. The quantitative estimate of drug-likeness (QED) is 0.718. The lowest BCUT2D eigenvalue weighted by Gasteiger charge is -2.10. The molecule has 0 atom stereocenters. The predicted octanol–water partition coefficient (Wildman–Crippen LogP) is 4.22. The number of nitrogens with one attached hydrogen (secondary N) is 1. The molecule has 0 radical (unpaired) electrons. The van der Waals surface area contributed by atoms with Gasteiger partial charge in [0.1, 0.15) is 0 Å². The summed E-state index contributed by atoms with van der Waals surface area (Å²) in [4.78, 5) is 13.0. The SMILES string of the molecule is CCNc1ncc(Cc2cnc(OC)c(-c3cccc(Cl)c3)c2)cn1. The summed E-state index contributed by atoms with van der Waals surface area (Å²) >= 11 is 6.12. The Balaban J connectivity index is 1.89. The first-order valence-corrected chi connectivity index (χ1v) is 8.41. The molecule has 0 bridgehead atoms. The summed E-state index contributed by atoms with van der Waals surface area (Å²) in [6.07, 6.45) is 6.16. The van der Waals surface area contributed by atoms with Crippen molar-refractivity contribution in [1.29, 1.82) is 0 Å². The molecule has 3 aromatic rings. The van der Waals surface area contributed by atoms with E-state index < -0.39 is 0 Å². The Morgan fingerprint density at radius 1 is 1.04 bits per heavy atom. The number of anilines is 1. The summed E-state index contributed by atoms with van der Waals surface area (Å²) in [6, 6.07) is 9.72. The lowest BCUT2D eigenvalue weighted by Crippen LogP contribution is -2.02. The molecule has 1 N–H and O–H groups in total. The molecule has 0 aliphatic heterocycles. The fourth-order valence-corrected chi connectivity index (χ4v) is 2.74. The van der Waals surface area contributed by atoms with Crippen molar-refractivity contribution < 1.29 is 4.74 Å². The molecule has 2 aromatic heterocycles. The van der Waals surface area contributed by atoms with Gasteiger partial charge in [0.2, 0.25) is 11.8 Å². The molecular weight excluding hydrogens is 336 g/mol. The number of hydrogen-bond donors (Lipinski definition) is 1.